The van der Waals surface area contributed by atoms with Crippen LogP contribution in [-0.2, 0) is 24.1 Å². The number of rotatable bonds is 8. The quantitative estimate of drug-likeness (QED) is 0.315. The molecule has 5 nitrogen and oxygen atoms in total. The first-order valence-corrected chi connectivity index (χ1v) is 12.1. The fourth-order valence-corrected chi connectivity index (χ4v) is 4.87. The first kappa shape index (κ1) is 22.5. The van der Waals surface area contributed by atoms with E-state index in [0.717, 1.165) is 48.5 Å². The van der Waals surface area contributed by atoms with E-state index in [4.69, 9.17) is 16.3 Å². The number of nitrogens with one attached hydrogen (secondary N) is 3. The van der Waals surface area contributed by atoms with Crippen LogP contribution in [0.2, 0.25) is 5.02 Å². The molecule has 0 aliphatic heterocycles. The maximum absolute atomic E-state index is 12.4. The van der Waals surface area contributed by atoms with Crippen molar-refractivity contribution in [1.82, 2.24) is 10.3 Å². The number of hydrogen-bond donors (Lipinski definition) is 3. The van der Waals surface area contributed by atoms with Gasteiger partial charge in [0.05, 0.1) is 0 Å². The molecule has 1 aliphatic rings. The fourth-order valence-electron chi connectivity index (χ4n) is 4.64. The molecule has 0 fully saturated rings. The van der Waals surface area contributed by atoms with Crippen LogP contribution in [0.1, 0.15) is 23.2 Å². The standard InChI is InChI=1S/C28H28ClN3O2/c29-25-9-5-4-6-19(25)14-15-30-20-10-12-26-23(16-20)24-17-21(11-13-27(24)32-26)31-28(33)18-34-22-7-2-1-3-8-22/h1-9,11,13,17,20,30,32H,10,12,14-16,18H2,(H,31,33). The number of para-hydroxylation sites is 1. The van der Waals surface area contributed by atoms with Crippen LogP contribution < -0.4 is 15.4 Å². The molecule has 174 valence electrons. The maximum Gasteiger partial charge on any atom is 0.262 e. The van der Waals surface area contributed by atoms with E-state index < -0.39 is 0 Å². The van der Waals surface area contributed by atoms with Crippen molar-refractivity contribution in [2.45, 2.75) is 31.7 Å². The lowest BCUT2D eigenvalue weighted by Gasteiger charge is -2.24. The van der Waals surface area contributed by atoms with Gasteiger partial charge in [-0.1, -0.05) is 48.0 Å². The van der Waals surface area contributed by atoms with Crippen LogP contribution in [0.4, 0.5) is 5.69 Å². The van der Waals surface area contributed by atoms with Crippen LogP contribution in [0.15, 0.2) is 72.8 Å². The Morgan fingerprint density at radius 3 is 2.74 bits per heavy atom. The molecule has 0 saturated heterocycles. The summed E-state index contributed by atoms with van der Waals surface area (Å²) in [6.45, 7) is 0.875. The molecular weight excluding hydrogens is 446 g/mol. The minimum atomic E-state index is -0.174. The predicted molar refractivity (Wildman–Crippen MR) is 138 cm³/mol. The van der Waals surface area contributed by atoms with Crippen molar-refractivity contribution in [2.24, 2.45) is 0 Å². The van der Waals surface area contributed by atoms with Gasteiger partial charge in [0, 0.05) is 33.3 Å². The zero-order valence-corrected chi connectivity index (χ0v) is 19.7. The number of ether oxygens (including phenoxy) is 1. The summed E-state index contributed by atoms with van der Waals surface area (Å²) in [5, 5.41) is 8.68. The highest BCUT2D eigenvalue weighted by atomic mass is 35.5. The molecule has 5 rings (SSSR count). The normalized spacial score (nSPS) is 15.1. The minimum Gasteiger partial charge on any atom is -0.484 e. The molecule has 1 amide bonds. The number of aromatic nitrogens is 1. The molecule has 34 heavy (non-hydrogen) atoms. The summed E-state index contributed by atoms with van der Waals surface area (Å²) >= 11 is 6.30. The van der Waals surface area contributed by atoms with Gasteiger partial charge in [0.1, 0.15) is 5.75 Å². The number of H-pyrrole nitrogens is 1. The van der Waals surface area contributed by atoms with E-state index in [1.807, 2.05) is 60.7 Å². The summed E-state index contributed by atoms with van der Waals surface area (Å²) in [4.78, 5) is 16.0. The molecule has 1 unspecified atom stereocenters. The van der Waals surface area contributed by atoms with E-state index in [0.29, 0.717) is 11.8 Å². The van der Waals surface area contributed by atoms with E-state index in [-0.39, 0.29) is 12.5 Å². The summed E-state index contributed by atoms with van der Waals surface area (Å²) in [6.07, 6.45) is 3.99. The van der Waals surface area contributed by atoms with Crippen molar-refractivity contribution in [1.29, 1.82) is 0 Å². The Kier molecular flexibility index (Phi) is 6.84. The predicted octanol–water partition coefficient (Wildman–Crippen LogP) is 5.53. The highest BCUT2D eigenvalue weighted by molar-refractivity contribution is 6.31. The summed E-state index contributed by atoms with van der Waals surface area (Å²) in [5.41, 5.74) is 5.71. The number of fused-ring (bicyclic) bond motifs is 3. The van der Waals surface area contributed by atoms with Crippen LogP contribution in [0.5, 0.6) is 5.75 Å². The second-order valence-corrected chi connectivity index (χ2v) is 9.13. The third kappa shape index (κ3) is 5.27. The SMILES string of the molecule is O=C(COc1ccccc1)Nc1ccc2[nH]c3c(c2c1)CC(NCCc1ccccc1Cl)CC3. The molecule has 0 saturated carbocycles. The molecule has 1 heterocycles. The van der Waals surface area contributed by atoms with E-state index in [9.17, 15) is 4.79 Å². The number of amides is 1. The third-order valence-electron chi connectivity index (χ3n) is 6.37. The first-order valence-electron chi connectivity index (χ1n) is 11.7. The Balaban J connectivity index is 1.21. The van der Waals surface area contributed by atoms with Gasteiger partial charge >= 0.3 is 0 Å². The van der Waals surface area contributed by atoms with Crippen LogP contribution in [0.25, 0.3) is 10.9 Å². The van der Waals surface area contributed by atoms with E-state index in [1.54, 1.807) is 0 Å². The van der Waals surface area contributed by atoms with Gasteiger partial charge in [0.15, 0.2) is 6.61 Å². The zero-order valence-electron chi connectivity index (χ0n) is 18.9. The van der Waals surface area contributed by atoms with Gasteiger partial charge in [-0.15, -0.1) is 0 Å². The van der Waals surface area contributed by atoms with Gasteiger partial charge in [-0.3, -0.25) is 4.79 Å². The van der Waals surface area contributed by atoms with Crippen LogP contribution in [0.3, 0.4) is 0 Å². The Bertz CT molecular complexity index is 1290. The van der Waals surface area contributed by atoms with Gasteiger partial charge in [0.2, 0.25) is 0 Å². The van der Waals surface area contributed by atoms with E-state index in [2.05, 4.69) is 27.8 Å². The average Bonchev–Trinajstić information content (AvgIpc) is 3.22. The van der Waals surface area contributed by atoms with E-state index in [1.165, 1.54) is 22.2 Å². The summed E-state index contributed by atoms with van der Waals surface area (Å²) in [7, 11) is 0. The highest BCUT2D eigenvalue weighted by Gasteiger charge is 2.22. The molecule has 1 atom stereocenters. The Hall–Kier alpha value is -3.28. The third-order valence-corrected chi connectivity index (χ3v) is 6.74. The molecular formula is C28H28ClN3O2. The number of halogens is 1. The summed E-state index contributed by atoms with van der Waals surface area (Å²) in [5.74, 6) is 0.507. The molecule has 1 aliphatic carbocycles. The Morgan fingerprint density at radius 1 is 1.06 bits per heavy atom. The average molecular weight is 474 g/mol. The molecule has 0 radical (unpaired) electrons. The van der Waals surface area contributed by atoms with Crippen molar-refractivity contribution in [2.75, 3.05) is 18.5 Å². The van der Waals surface area contributed by atoms with Gasteiger partial charge < -0.3 is 20.4 Å². The maximum atomic E-state index is 12.4. The van der Waals surface area contributed by atoms with Gasteiger partial charge in [0.25, 0.3) is 5.91 Å². The number of hydrogen-bond acceptors (Lipinski definition) is 3. The van der Waals surface area contributed by atoms with Crippen molar-refractivity contribution in [3.63, 3.8) is 0 Å². The number of aryl methyl sites for hydroxylation is 1. The van der Waals surface area contributed by atoms with E-state index >= 15 is 0 Å². The molecule has 0 bridgehead atoms. The Labute approximate surface area is 204 Å². The minimum absolute atomic E-state index is 0.0231. The Morgan fingerprint density at radius 2 is 1.88 bits per heavy atom. The molecule has 3 N–H and O–H groups in total. The fraction of sp³-hybridized carbons (Fsp3) is 0.250. The number of anilines is 1. The van der Waals surface area contributed by atoms with Crippen molar-refractivity contribution < 1.29 is 9.53 Å². The van der Waals surface area contributed by atoms with Crippen LogP contribution in [-0.4, -0.2) is 30.1 Å². The summed E-state index contributed by atoms with van der Waals surface area (Å²) < 4.78 is 5.56. The molecule has 6 heteroatoms. The first-order chi connectivity index (χ1) is 16.7. The zero-order chi connectivity index (χ0) is 23.3. The van der Waals surface area contributed by atoms with Crippen LogP contribution in [0, 0.1) is 0 Å². The second-order valence-electron chi connectivity index (χ2n) is 8.73. The lowest BCUT2D eigenvalue weighted by molar-refractivity contribution is -0.118. The molecule has 3 aromatic carbocycles. The van der Waals surface area contributed by atoms with Crippen LogP contribution >= 0.6 is 11.6 Å². The van der Waals surface area contributed by atoms with Crippen molar-refractivity contribution in [3.05, 3.63) is 94.6 Å². The number of carbonyl (C=O) groups is 1. The smallest absolute Gasteiger partial charge is 0.262 e. The van der Waals surface area contributed by atoms with Crippen molar-refractivity contribution in [3.8, 4) is 5.75 Å². The number of benzene rings is 3. The number of carbonyl (C=O) groups excluding carboxylic acids is 1. The number of aromatic amines is 1. The monoisotopic (exact) mass is 473 g/mol. The second kappa shape index (κ2) is 10.3. The molecule has 4 aromatic rings. The molecule has 0 spiro atoms. The topological polar surface area (TPSA) is 66.1 Å². The van der Waals surface area contributed by atoms with Crippen molar-refractivity contribution >= 4 is 34.1 Å². The lowest BCUT2D eigenvalue weighted by Crippen LogP contribution is -2.35. The summed E-state index contributed by atoms with van der Waals surface area (Å²) in [6, 6.07) is 23.9. The lowest BCUT2D eigenvalue weighted by atomic mass is 9.91. The van der Waals surface area contributed by atoms with Gasteiger partial charge in [-0.25, -0.2) is 0 Å². The molecule has 1 aromatic heterocycles. The largest absolute Gasteiger partial charge is 0.484 e. The highest BCUT2D eigenvalue weighted by Crippen LogP contribution is 2.31. The van der Waals surface area contributed by atoms with Gasteiger partial charge in [-0.2, -0.15) is 0 Å². The van der Waals surface area contributed by atoms with Gasteiger partial charge in [-0.05, 0) is 79.8 Å².